The summed E-state index contributed by atoms with van der Waals surface area (Å²) in [5, 5.41) is 0.548. The molecule has 2 aromatic carbocycles. The Hall–Kier alpha value is -4.38. The predicted molar refractivity (Wildman–Crippen MR) is 134 cm³/mol. The summed E-state index contributed by atoms with van der Waals surface area (Å²) in [5.41, 5.74) is 7.36. The number of thiophene rings is 1. The van der Waals surface area contributed by atoms with Crippen LogP contribution in [-0.2, 0) is 6.18 Å². The first-order valence-electron chi connectivity index (χ1n) is 11.0. The number of nitrogens with one attached hydrogen (secondary N) is 1. The zero-order valence-electron chi connectivity index (χ0n) is 19.2. The minimum atomic E-state index is -4.55. The van der Waals surface area contributed by atoms with Gasteiger partial charge >= 0.3 is 6.18 Å². The highest BCUT2D eigenvalue weighted by Crippen LogP contribution is 2.39. The number of alkyl halides is 3. The lowest BCUT2D eigenvalue weighted by molar-refractivity contribution is -0.138. The van der Waals surface area contributed by atoms with Crippen LogP contribution >= 0.6 is 11.3 Å². The zero-order chi connectivity index (χ0) is 26.3. The van der Waals surface area contributed by atoms with Gasteiger partial charge in [-0.25, -0.2) is 4.98 Å². The van der Waals surface area contributed by atoms with Crippen molar-refractivity contribution in [1.82, 2.24) is 14.5 Å². The third-order valence-electron chi connectivity index (χ3n) is 5.81. The van der Waals surface area contributed by atoms with Gasteiger partial charge in [-0.1, -0.05) is 24.3 Å². The summed E-state index contributed by atoms with van der Waals surface area (Å²) in [4.78, 5) is 30.9. The Kier molecular flexibility index (Phi) is 6.08. The van der Waals surface area contributed by atoms with Gasteiger partial charge in [0.1, 0.15) is 28.1 Å². The van der Waals surface area contributed by atoms with E-state index < -0.39 is 23.8 Å². The minimum Gasteiger partial charge on any atom is -0.484 e. The highest BCUT2D eigenvalue weighted by molar-refractivity contribution is 7.16. The molecule has 0 saturated carbocycles. The SMILES string of the molecule is CC(Oc1cc(-n2cnc3cc(-c4cc[nH]c(=O)c4)ccc32)sc1C(N)=O)c1ccccc1C(F)(F)F. The Labute approximate surface area is 212 Å². The first kappa shape index (κ1) is 24.3. The zero-order valence-corrected chi connectivity index (χ0v) is 20.1. The number of halogens is 3. The molecule has 0 spiro atoms. The average Bonchev–Trinajstić information content (AvgIpc) is 3.47. The number of rotatable bonds is 6. The highest BCUT2D eigenvalue weighted by Gasteiger charge is 2.35. The van der Waals surface area contributed by atoms with Crippen molar-refractivity contribution in [2.75, 3.05) is 0 Å². The van der Waals surface area contributed by atoms with E-state index in [2.05, 4.69) is 9.97 Å². The lowest BCUT2D eigenvalue weighted by Crippen LogP contribution is -2.15. The Morgan fingerprint density at radius 3 is 2.59 bits per heavy atom. The number of carbonyl (C=O) groups excluding carboxylic acids is 1. The van der Waals surface area contributed by atoms with E-state index in [0.717, 1.165) is 28.5 Å². The van der Waals surface area contributed by atoms with Crippen LogP contribution in [-0.4, -0.2) is 20.4 Å². The van der Waals surface area contributed by atoms with Crippen molar-refractivity contribution in [2.24, 2.45) is 5.73 Å². The van der Waals surface area contributed by atoms with E-state index in [9.17, 15) is 22.8 Å². The summed E-state index contributed by atoms with van der Waals surface area (Å²) in [7, 11) is 0. The number of carbonyl (C=O) groups is 1. The number of fused-ring (bicyclic) bond motifs is 1. The van der Waals surface area contributed by atoms with E-state index >= 15 is 0 Å². The molecule has 3 aromatic heterocycles. The molecule has 5 rings (SSSR count). The molecule has 0 bridgehead atoms. The van der Waals surface area contributed by atoms with E-state index in [-0.39, 0.29) is 21.7 Å². The molecule has 0 fully saturated rings. The monoisotopic (exact) mass is 524 g/mol. The van der Waals surface area contributed by atoms with Crippen LogP contribution in [0, 0.1) is 0 Å². The molecule has 0 aliphatic rings. The number of nitrogens with zero attached hydrogens (tertiary/aromatic N) is 2. The first-order chi connectivity index (χ1) is 17.6. The smallest absolute Gasteiger partial charge is 0.416 e. The number of primary amides is 1. The molecule has 3 heterocycles. The number of nitrogens with two attached hydrogens (primary N) is 1. The Morgan fingerprint density at radius 1 is 1.11 bits per heavy atom. The van der Waals surface area contributed by atoms with Crippen LogP contribution in [0.1, 0.15) is 33.8 Å². The Morgan fingerprint density at radius 2 is 1.86 bits per heavy atom. The molecule has 0 saturated heterocycles. The molecule has 37 heavy (non-hydrogen) atoms. The van der Waals surface area contributed by atoms with E-state index in [1.807, 2.05) is 18.2 Å². The molecule has 1 unspecified atom stereocenters. The van der Waals surface area contributed by atoms with E-state index in [1.54, 1.807) is 29.2 Å². The van der Waals surface area contributed by atoms with Gasteiger partial charge in [0.05, 0.1) is 16.6 Å². The van der Waals surface area contributed by atoms with Gasteiger partial charge in [0.2, 0.25) is 5.56 Å². The van der Waals surface area contributed by atoms with E-state index in [0.29, 0.717) is 16.0 Å². The van der Waals surface area contributed by atoms with Crippen LogP contribution in [0.3, 0.4) is 0 Å². The number of hydrogen-bond acceptors (Lipinski definition) is 5. The van der Waals surface area contributed by atoms with Gasteiger partial charge in [-0.3, -0.25) is 14.2 Å². The molecule has 3 N–H and O–H groups in total. The molecule has 0 aliphatic carbocycles. The molecule has 0 aliphatic heterocycles. The van der Waals surface area contributed by atoms with Crippen molar-refractivity contribution in [3.05, 3.63) is 99.5 Å². The van der Waals surface area contributed by atoms with Crippen molar-refractivity contribution >= 4 is 28.3 Å². The fourth-order valence-electron chi connectivity index (χ4n) is 4.10. The standard InChI is InChI=1S/C26H19F3N4O3S/c1-14(17-4-2-3-5-18(17)26(27,28)29)36-21-12-23(37-24(21)25(30)35)33-13-32-19-10-15(6-7-20(19)33)16-8-9-31-22(34)11-16/h2-14H,1H3,(H2,30,35)(H,31,34). The van der Waals surface area contributed by atoms with Crippen LogP contribution in [0.4, 0.5) is 13.2 Å². The second-order valence-corrected chi connectivity index (χ2v) is 9.28. The van der Waals surface area contributed by atoms with Crippen LogP contribution in [0.5, 0.6) is 5.75 Å². The van der Waals surface area contributed by atoms with Gasteiger partial charge in [-0.2, -0.15) is 13.2 Å². The maximum Gasteiger partial charge on any atom is 0.416 e. The topological polar surface area (TPSA) is 103 Å². The number of imidazole rings is 1. The quantitative estimate of drug-likeness (QED) is 0.297. The summed E-state index contributed by atoms with van der Waals surface area (Å²) in [6, 6.07) is 15.4. The van der Waals surface area contributed by atoms with Crippen LogP contribution in [0.25, 0.3) is 27.2 Å². The number of aromatic amines is 1. The Balaban J connectivity index is 1.51. The van der Waals surface area contributed by atoms with E-state index in [1.165, 1.54) is 31.2 Å². The van der Waals surface area contributed by atoms with Gasteiger partial charge < -0.3 is 15.5 Å². The molecule has 188 valence electrons. The van der Waals surface area contributed by atoms with Crippen molar-refractivity contribution < 1.29 is 22.7 Å². The van der Waals surface area contributed by atoms with Gasteiger partial charge in [-0.15, -0.1) is 11.3 Å². The number of benzene rings is 2. The minimum absolute atomic E-state index is 0.0569. The summed E-state index contributed by atoms with van der Waals surface area (Å²) in [6.45, 7) is 1.48. The second-order valence-electron chi connectivity index (χ2n) is 8.25. The Bertz CT molecular complexity index is 1690. The normalized spacial score (nSPS) is 12.5. The van der Waals surface area contributed by atoms with Crippen LogP contribution < -0.4 is 16.0 Å². The molecule has 1 atom stereocenters. The maximum atomic E-state index is 13.5. The lowest BCUT2D eigenvalue weighted by Gasteiger charge is -2.19. The predicted octanol–water partition coefficient (Wildman–Crippen LogP) is 5.70. The molecular weight excluding hydrogens is 505 g/mol. The van der Waals surface area contributed by atoms with Crippen molar-refractivity contribution in [1.29, 1.82) is 0 Å². The second kappa shape index (κ2) is 9.25. The van der Waals surface area contributed by atoms with Crippen molar-refractivity contribution in [3.63, 3.8) is 0 Å². The summed E-state index contributed by atoms with van der Waals surface area (Å²) in [6.07, 6.45) is -2.43. The molecule has 11 heteroatoms. The first-order valence-corrected chi connectivity index (χ1v) is 11.9. The molecule has 7 nitrogen and oxygen atoms in total. The third kappa shape index (κ3) is 4.73. The fraction of sp³-hybridized carbons (Fsp3) is 0.115. The molecular formula is C26H19F3N4O3S. The average molecular weight is 525 g/mol. The number of aromatic nitrogens is 3. The molecule has 0 radical (unpaired) electrons. The molecule has 1 amide bonds. The number of H-pyrrole nitrogens is 1. The van der Waals surface area contributed by atoms with Crippen LogP contribution in [0.15, 0.2) is 78.0 Å². The number of pyridine rings is 1. The number of hydrogen-bond donors (Lipinski definition) is 2. The van der Waals surface area contributed by atoms with E-state index in [4.69, 9.17) is 10.5 Å². The largest absolute Gasteiger partial charge is 0.484 e. The lowest BCUT2D eigenvalue weighted by atomic mass is 10.0. The maximum absolute atomic E-state index is 13.5. The fourth-order valence-corrected chi connectivity index (χ4v) is 5.02. The number of amides is 1. The van der Waals surface area contributed by atoms with Gasteiger partial charge in [0, 0.05) is 23.9 Å². The summed E-state index contributed by atoms with van der Waals surface area (Å²) < 4.78 is 48.1. The van der Waals surface area contributed by atoms with Gasteiger partial charge in [0.15, 0.2) is 0 Å². The van der Waals surface area contributed by atoms with Gasteiger partial charge in [-0.05, 0) is 42.3 Å². The summed E-state index contributed by atoms with van der Waals surface area (Å²) in [5.74, 6) is -0.678. The van der Waals surface area contributed by atoms with Crippen molar-refractivity contribution in [2.45, 2.75) is 19.2 Å². The number of ether oxygens (including phenoxy) is 1. The van der Waals surface area contributed by atoms with Crippen molar-refractivity contribution in [3.8, 4) is 21.9 Å². The summed E-state index contributed by atoms with van der Waals surface area (Å²) >= 11 is 1.05. The molecule has 5 aromatic rings. The third-order valence-corrected chi connectivity index (χ3v) is 6.94. The van der Waals surface area contributed by atoms with Crippen LogP contribution in [0.2, 0.25) is 0 Å². The highest BCUT2D eigenvalue weighted by atomic mass is 32.1. The van der Waals surface area contributed by atoms with Gasteiger partial charge in [0.25, 0.3) is 5.91 Å².